The second-order valence-electron chi connectivity index (χ2n) is 11.0. The number of rotatable bonds is 14. The van der Waals surface area contributed by atoms with Gasteiger partial charge in [0.1, 0.15) is 12.6 Å². The Bertz CT molecular complexity index is 1550. The third-order valence-electron chi connectivity index (χ3n) is 7.58. The number of nitrogens with zero attached hydrogens (tertiary/aromatic N) is 1. The number of hydrogen-bond donors (Lipinski definition) is 1. The number of carbonyl (C=O) groups is 5. The summed E-state index contributed by atoms with van der Waals surface area (Å²) in [5, 5.41) is 9.21. The number of benzene rings is 3. The van der Waals surface area contributed by atoms with Gasteiger partial charge in [-0.25, -0.2) is 9.69 Å². The number of amides is 2. The monoisotopic (exact) mass is 611 g/mol. The molecule has 9 nitrogen and oxygen atoms in total. The minimum atomic E-state index is -1.65. The van der Waals surface area contributed by atoms with Gasteiger partial charge in [0.15, 0.2) is 17.7 Å². The van der Waals surface area contributed by atoms with Gasteiger partial charge in [0.25, 0.3) is 0 Å². The van der Waals surface area contributed by atoms with Crippen LogP contribution in [0.5, 0.6) is 0 Å². The molecule has 0 unspecified atom stereocenters. The van der Waals surface area contributed by atoms with Gasteiger partial charge in [-0.05, 0) is 49.0 Å². The van der Waals surface area contributed by atoms with E-state index in [-0.39, 0.29) is 37.4 Å². The molecular formula is C36H37NO8. The minimum Gasteiger partial charge on any atom is -0.453 e. The molecule has 9 heteroatoms. The van der Waals surface area contributed by atoms with Crippen LogP contribution in [0, 0.1) is 12.8 Å². The van der Waals surface area contributed by atoms with Crippen molar-refractivity contribution in [3.63, 3.8) is 0 Å². The number of aryl methyl sites for hydroxylation is 1. The van der Waals surface area contributed by atoms with E-state index in [0.717, 1.165) is 23.5 Å². The lowest BCUT2D eigenvalue weighted by Gasteiger charge is -2.29. The molecular weight excluding hydrogens is 574 g/mol. The standard InChI is InChI=1S/C36H37NO8/c1-24-12-11-17-28(20-24)29(32(40)18-9-10-19-38)22-33(41)34(45-25(2)39)30(21-26-13-5-3-6-14-26)35(42)37-31(23-44-36(37)43)27-15-7-4-8-16-27/h3-8,11-17,20,22,30-31,34,38H,9-10,18-19,21,23H2,1-2H3/t30-,31+,34-/m0/s1. The van der Waals surface area contributed by atoms with Crippen LogP contribution in [-0.4, -0.2) is 58.9 Å². The Balaban J connectivity index is 1.79. The molecule has 0 spiro atoms. The van der Waals surface area contributed by atoms with Crippen molar-refractivity contribution < 1.29 is 38.6 Å². The zero-order valence-electron chi connectivity index (χ0n) is 25.4. The molecule has 1 saturated heterocycles. The fourth-order valence-electron chi connectivity index (χ4n) is 5.37. The molecule has 0 radical (unpaired) electrons. The number of imide groups is 1. The largest absolute Gasteiger partial charge is 0.453 e. The smallest absolute Gasteiger partial charge is 0.417 e. The molecule has 0 aliphatic carbocycles. The van der Waals surface area contributed by atoms with E-state index in [4.69, 9.17) is 9.47 Å². The molecule has 1 aliphatic rings. The molecule has 0 saturated carbocycles. The van der Waals surface area contributed by atoms with E-state index in [1.54, 1.807) is 72.8 Å². The second kappa shape index (κ2) is 15.7. The van der Waals surface area contributed by atoms with Crippen molar-refractivity contribution in [1.29, 1.82) is 0 Å². The zero-order valence-corrected chi connectivity index (χ0v) is 25.4. The van der Waals surface area contributed by atoms with Crippen LogP contribution in [0.1, 0.15) is 54.5 Å². The van der Waals surface area contributed by atoms with Gasteiger partial charge >= 0.3 is 12.1 Å². The van der Waals surface area contributed by atoms with Gasteiger partial charge in [-0.15, -0.1) is 0 Å². The lowest BCUT2D eigenvalue weighted by molar-refractivity contribution is -0.158. The Morgan fingerprint density at radius 1 is 0.978 bits per heavy atom. The van der Waals surface area contributed by atoms with Crippen LogP contribution in [0.3, 0.4) is 0 Å². The van der Waals surface area contributed by atoms with Crippen LogP contribution in [0.4, 0.5) is 4.79 Å². The summed E-state index contributed by atoms with van der Waals surface area (Å²) >= 11 is 0. The fourth-order valence-corrected chi connectivity index (χ4v) is 5.37. The molecule has 0 aromatic heterocycles. The molecule has 3 aromatic carbocycles. The number of ketones is 2. The number of carbonyl (C=O) groups excluding carboxylic acids is 5. The second-order valence-corrected chi connectivity index (χ2v) is 11.0. The summed E-state index contributed by atoms with van der Waals surface area (Å²) < 4.78 is 10.9. The number of Topliss-reactive ketones (excluding diaryl/α,β-unsaturated/α-hetero) is 1. The molecule has 3 atom stereocenters. The van der Waals surface area contributed by atoms with Crippen LogP contribution < -0.4 is 0 Å². The lowest BCUT2D eigenvalue weighted by Crippen LogP contribution is -2.47. The van der Waals surface area contributed by atoms with Gasteiger partial charge in [0.2, 0.25) is 5.91 Å². The highest BCUT2D eigenvalue weighted by Crippen LogP contribution is 2.32. The zero-order chi connectivity index (χ0) is 32.3. The summed E-state index contributed by atoms with van der Waals surface area (Å²) in [4.78, 5) is 68.3. The maximum absolute atomic E-state index is 14.4. The molecule has 0 bridgehead atoms. The van der Waals surface area contributed by atoms with Crippen LogP contribution in [-0.2, 0) is 35.1 Å². The minimum absolute atomic E-state index is 0.0350. The first-order valence-corrected chi connectivity index (χ1v) is 14.9. The Kier molecular flexibility index (Phi) is 11.5. The van der Waals surface area contributed by atoms with Gasteiger partial charge in [-0.3, -0.25) is 19.2 Å². The van der Waals surface area contributed by atoms with Crippen LogP contribution in [0.15, 0.2) is 91.0 Å². The normalized spacial score (nSPS) is 16.1. The van der Waals surface area contributed by atoms with Crippen molar-refractivity contribution in [2.45, 2.75) is 51.7 Å². The van der Waals surface area contributed by atoms with Crippen molar-refractivity contribution in [1.82, 2.24) is 4.90 Å². The summed E-state index contributed by atoms with van der Waals surface area (Å²) in [6.07, 6.45) is -0.512. The third-order valence-corrected chi connectivity index (χ3v) is 7.58. The van der Waals surface area contributed by atoms with E-state index < -0.39 is 41.8 Å². The Morgan fingerprint density at radius 3 is 2.31 bits per heavy atom. The van der Waals surface area contributed by atoms with Crippen molar-refractivity contribution in [3.8, 4) is 0 Å². The molecule has 1 fully saturated rings. The number of esters is 1. The number of allylic oxidation sites excluding steroid dienone is 1. The summed E-state index contributed by atoms with van der Waals surface area (Å²) in [6, 6.07) is 24.1. The van der Waals surface area contributed by atoms with Crippen molar-refractivity contribution in [3.05, 3.63) is 113 Å². The molecule has 3 aromatic rings. The number of unbranched alkanes of at least 4 members (excludes halogenated alkanes) is 1. The number of aliphatic hydroxyl groups is 1. The summed E-state index contributed by atoms with van der Waals surface area (Å²) in [6.45, 7) is 2.84. The highest BCUT2D eigenvalue weighted by atomic mass is 16.6. The number of cyclic esters (lactones) is 1. The van der Waals surface area contributed by atoms with Gasteiger partial charge in [0, 0.05) is 25.5 Å². The molecule has 1 aliphatic heterocycles. The predicted molar refractivity (Wildman–Crippen MR) is 167 cm³/mol. The quantitative estimate of drug-likeness (QED) is 0.150. The van der Waals surface area contributed by atoms with Gasteiger partial charge in [0.05, 0.1) is 5.92 Å². The van der Waals surface area contributed by atoms with Crippen molar-refractivity contribution in [2.75, 3.05) is 13.2 Å². The fraction of sp³-hybridized carbons (Fsp3) is 0.306. The van der Waals surface area contributed by atoms with Crippen LogP contribution >= 0.6 is 0 Å². The highest BCUT2D eigenvalue weighted by molar-refractivity contribution is 6.25. The van der Waals surface area contributed by atoms with Gasteiger partial charge in [-0.1, -0.05) is 90.5 Å². The maximum atomic E-state index is 14.4. The average molecular weight is 612 g/mol. The van der Waals surface area contributed by atoms with E-state index in [2.05, 4.69) is 0 Å². The summed E-state index contributed by atoms with van der Waals surface area (Å²) in [5.74, 6) is -3.96. The molecule has 45 heavy (non-hydrogen) atoms. The molecule has 1 N–H and O–H groups in total. The van der Waals surface area contributed by atoms with Gasteiger partial charge < -0.3 is 14.6 Å². The first-order chi connectivity index (χ1) is 21.7. The number of ether oxygens (including phenoxy) is 2. The topological polar surface area (TPSA) is 127 Å². The lowest BCUT2D eigenvalue weighted by atomic mass is 9.87. The molecule has 4 rings (SSSR count). The summed E-state index contributed by atoms with van der Waals surface area (Å²) in [5.41, 5.74) is 2.81. The third kappa shape index (κ3) is 8.61. The van der Waals surface area contributed by atoms with E-state index >= 15 is 0 Å². The Hall–Kier alpha value is -4.89. The Morgan fingerprint density at radius 2 is 1.67 bits per heavy atom. The van der Waals surface area contributed by atoms with E-state index in [9.17, 15) is 29.1 Å². The predicted octanol–water partition coefficient (Wildman–Crippen LogP) is 5.19. The average Bonchev–Trinajstić information content (AvgIpc) is 3.43. The molecule has 234 valence electrons. The number of hydrogen-bond acceptors (Lipinski definition) is 8. The summed E-state index contributed by atoms with van der Waals surface area (Å²) in [7, 11) is 0. The van der Waals surface area contributed by atoms with E-state index in [1.165, 1.54) is 0 Å². The SMILES string of the molecule is CC(=O)O[C@H](C(=O)C=C(C(=O)CCCCO)c1cccc(C)c1)[C@H](Cc1ccccc1)C(=O)N1C(=O)OC[C@@H]1c1ccccc1. The van der Waals surface area contributed by atoms with E-state index in [1.807, 2.05) is 19.1 Å². The van der Waals surface area contributed by atoms with Crippen LogP contribution in [0.25, 0.3) is 5.57 Å². The molecule has 1 heterocycles. The first kappa shape index (κ1) is 33.0. The van der Waals surface area contributed by atoms with Crippen molar-refractivity contribution in [2.24, 2.45) is 5.92 Å². The maximum Gasteiger partial charge on any atom is 0.417 e. The van der Waals surface area contributed by atoms with Gasteiger partial charge in [-0.2, -0.15) is 0 Å². The number of aliphatic hydroxyl groups excluding tert-OH is 1. The highest BCUT2D eigenvalue weighted by Gasteiger charge is 2.46. The molecule has 2 amide bonds. The van der Waals surface area contributed by atoms with Crippen molar-refractivity contribution >= 4 is 35.1 Å². The van der Waals surface area contributed by atoms with Crippen LogP contribution in [0.2, 0.25) is 0 Å². The van der Waals surface area contributed by atoms with E-state index in [0.29, 0.717) is 29.5 Å². The Labute approximate surface area is 262 Å². The first-order valence-electron chi connectivity index (χ1n) is 14.9.